The van der Waals surface area contributed by atoms with Crippen LogP contribution in [0.3, 0.4) is 0 Å². The van der Waals surface area contributed by atoms with Crippen LogP contribution in [0.1, 0.15) is 22.5 Å². The Labute approximate surface area is 149 Å². The number of benzene rings is 2. The van der Waals surface area contributed by atoms with Crippen LogP contribution in [0.5, 0.6) is 0 Å². The third kappa shape index (κ3) is 3.60. The molecule has 2 aromatic carbocycles. The van der Waals surface area contributed by atoms with Gasteiger partial charge in [0.2, 0.25) is 0 Å². The van der Waals surface area contributed by atoms with Gasteiger partial charge in [0.25, 0.3) is 0 Å². The molecule has 0 aliphatic rings. The number of hydrogen-bond acceptors (Lipinski definition) is 3. The maximum Gasteiger partial charge on any atom is 0.199 e. The highest BCUT2D eigenvalue weighted by molar-refractivity contribution is 7.97. The van der Waals surface area contributed by atoms with Gasteiger partial charge in [-0.2, -0.15) is 5.10 Å². The van der Waals surface area contributed by atoms with Crippen molar-refractivity contribution >= 4 is 24.0 Å². The Hall–Kier alpha value is -1.92. The number of rotatable bonds is 5. The molecule has 0 saturated carbocycles. The molecule has 0 bridgehead atoms. The van der Waals surface area contributed by atoms with E-state index in [0.29, 0.717) is 21.8 Å². The molecule has 0 amide bonds. The van der Waals surface area contributed by atoms with E-state index in [9.17, 15) is 4.39 Å². The molecular weight excluding hydrogens is 341 g/mol. The molecule has 3 rings (SSSR count). The maximum absolute atomic E-state index is 13.7. The molecule has 0 aliphatic carbocycles. The first-order chi connectivity index (χ1) is 11.6. The Morgan fingerprint density at radius 2 is 1.92 bits per heavy atom. The van der Waals surface area contributed by atoms with Crippen molar-refractivity contribution in [3.8, 4) is 5.69 Å². The maximum atomic E-state index is 13.7. The van der Waals surface area contributed by atoms with Crippen LogP contribution in [0.2, 0.25) is 0 Å². The van der Waals surface area contributed by atoms with Gasteiger partial charge in [-0.1, -0.05) is 24.3 Å². The number of aryl methyl sites for hydroxylation is 2. The average molecular weight is 359 g/mol. The molecule has 3 aromatic rings. The van der Waals surface area contributed by atoms with Crippen LogP contribution in [0, 0.1) is 24.4 Å². The zero-order chi connectivity index (χ0) is 17.1. The largest absolute Gasteiger partial charge is 0.271 e. The van der Waals surface area contributed by atoms with E-state index in [1.165, 1.54) is 17.2 Å². The summed E-state index contributed by atoms with van der Waals surface area (Å²) in [4.78, 5) is 0. The summed E-state index contributed by atoms with van der Waals surface area (Å²) in [5.41, 5.74) is 4.15. The van der Waals surface area contributed by atoms with Crippen LogP contribution in [-0.4, -0.2) is 14.8 Å². The quantitative estimate of drug-likeness (QED) is 0.642. The van der Waals surface area contributed by atoms with Gasteiger partial charge >= 0.3 is 0 Å². The van der Waals surface area contributed by atoms with Crippen molar-refractivity contribution < 1.29 is 4.39 Å². The van der Waals surface area contributed by atoms with Gasteiger partial charge in [0.05, 0.1) is 5.75 Å². The van der Waals surface area contributed by atoms with Gasteiger partial charge in [0.15, 0.2) is 4.77 Å². The van der Waals surface area contributed by atoms with E-state index in [1.54, 1.807) is 17.8 Å². The summed E-state index contributed by atoms with van der Waals surface area (Å²) in [6, 6.07) is 13.1. The number of thioether (sulfide) groups is 1. The Balaban J connectivity index is 1.79. The molecule has 0 unspecified atom stereocenters. The number of aromatic nitrogens is 3. The van der Waals surface area contributed by atoms with Crippen molar-refractivity contribution in [2.75, 3.05) is 0 Å². The minimum absolute atomic E-state index is 0.168. The van der Waals surface area contributed by atoms with E-state index >= 15 is 0 Å². The van der Waals surface area contributed by atoms with Gasteiger partial charge in [0.1, 0.15) is 11.6 Å². The first-order valence-corrected chi connectivity index (χ1v) is 9.17. The fraction of sp³-hybridized carbons (Fsp3) is 0.222. The van der Waals surface area contributed by atoms with E-state index in [2.05, 4.69) is 36.2 Å². The molecule has 124 valence electrons. The molecule has 0 atom stereocenters. The third-order valence-electron chi connectivity index (χ3n) is 3.94. The molecular formula is C18H18FN3S2. The Kier molecular flexibility index (Phi) is 5.16. The normalized spacial score (nSPS) is 11.0. The van der Waals surface area contributed by atoms with Crippen molar-refractivity contribution in [1.82, 2.24) is 14.8 Å². The van der Waals surface area contributed by atoms with Crippen molar-refractivity contribution in [1.29, 1.82) is 0 Å². The van der Waals surface area contributed by atoms with Gasteiger partial charge in [0, 0.05) is 11.4 Å². The Morgan fingerprint density at radius 1 is 1.12 bits per heavy atom. The highest BCUT2D eigenvalue weighted by atomic mass is 32.2. The number of hydrogen-bond donors (Lipinski definition) is 1. The highest BCUT2D eigenvalue weighted by Gasteiger charge is 2.10. The standard InChI is InChI=1S/C18H18FN3S2/c1-12-7-8-15(9-13(12)2)22-17(20-21-18(22)23)11-24-10-14-5-3-4-6-16(14)19/h3-9H,10-11H2,1-2H3,(H,21,23). The zero-order valence-corrected chi connectivity index (χ0v) is 15.2. The number of H-pyrrole nitrogens is 1. The van der Waals surface area contributed by atoms with Gasteiger partial charge in [-0.3, -0.25) is 9.67 Å². The summed E-state index contributed by atoms with van der Waals surface area (Å²) < 4.78 is 16.2. The molecule has 6 heteroatoms. The summed E-state index contributed by atoms with van der Waals surface area (Å²) >= 11 is 6.98. The van der Waals surface area contributed by atoms with Crippen LogP contribution in [0.4, 0.5) is 4.39 Å². The first-order valence-electron chi connectivity index (χ1n) is 7.61. The molecule has 0 spiro atoms. The second-order valence-corrected chi connectivity index (χ2v) is 7.01. The SMILES string of the molecule is Cc1ccc(-n2c(CSCc3ccccc3F)n[nH]c2=S)cc1C. The van der Waals surface area contributed by atoms with E-state index in [1.807, 2.05) is 22.8 Å². The van der Waals surface area contributed by atoms with Gasteiger partial charge in [-0.25, -0.2) is 4.39 Å². The van der Waals surface area contributed by atoms with Crippen LogP contribution in [-0.2, 0) is 11.5 Å². The fourth-order valence-electron chi connectivity index (χ4n) is 2.43. The molecule has 0 saturated heterocycles. The van der Waals surface area contributed by atoms with Crippen molar-refractivity contribution in [2.45, 2.75) is 25.4 Å². The second-order valence-electron chi connectivity index (χ2n) is 5.63. The lowest BCUT2D eigenvalue weighted by Gasteiger charge is -2.09. The summed E-state index contributed by atoms with van der Waals surface area (Å²) in [5, 5.41) is 7.19. The number of aromatic amines is 1. The summed E-state index contributed by atoms with van der Waals surface area (Å²) in [6.07, 6.45) is 0. The predicted molar refractivity (Wildman–Crippen MR) is 99.6 cm³/mol. The summed E-state index contributed by atoms with van der Waals surface area (Å²) in [6.45, 7) is 4.16. The van der Waals surface area contributed by atoms with E-state index in [4.69, 9.17) is 12.2 Å². The van der Waals surface area contributed by atoms with Crippen molar-refractivity contribution in [2.24, 2.45) is 0 Å². The van der Waals surface area contributed by atoms with E-state index < -0.39 is 0 Å². The van der Waals surface area contributed by atoms with Crippen LogP contribution in [0.25, 0.3) is 5.69 Å². The number of nitrogens with one attached hydrogen (secondary N) is 1. The predicted octanol–water partition coefficient (Wildman–Crippen LogP) is 5.12. The Morgan fingerprint density at radius 3 is 2.67 bits per heavy atom. The highest BCUT2D eigenvalue weighted by Crippen LogP contribution is 2.22. The number of nitrogens with zero attached hydrogens (tertiary/aromatic N) is 2. The van der Waals surface area contributed by atoms with Crippen LogP contribution < -0.4 is 0 Å². The number of halogens is 1. The Bertz CT molecular complexity index is 915. The lowest BCUT2D eigenvalue weighted by Crippen LogP contribution is -2.01. The van der Waals surface area contributed by atoms with E-state index in [0.717, 1.165) is 11.5 Å². The lowest BCUT2D eigenvalue weighted by atomic mass is 10.1. The van der Waals surface area contributed by atoms with Gasteiger partial charge < -0.3 is 0 Å². The average Bonchev–Trinajstić information content (AvgIpc) is 2.93. The van der Waals surface area contributed by atoms with Gasteiger partial charge in [-0.05, 0) is 61.0 Å². The molecule has 24 heavy (non-hydrogen) atoms. The molecule has 1 N–H and O–H groups in total. The molecule has 0 radical (unpaired) electrons. The summed E-state index contributed by atoms with van der Waals surface area (Å²) in [5.74, 6) is 1.91. The van der Waals surface area contributed by atoms with Crippen LogP contribution >= 0.6 is 24.0 Å². The molecule has 0 fully saturated rings. The van der Waals surface area contributed by atoms with Crippen LogP contribution in [0.15, 0.2) is 42.5 Å². The van der Waals surface area contributed by atoms with E-state index in [-0.39, 0.29) is 5.82 Å². The minimum Gasteiger partial charge on any atom is -0.271 e. The smallest absolute Gasteiger partial charge is 0.199 e. The lowest BCUT2D eigenvalue weighted by molar-refractivity contribution is 0.617. The first kappa shape index (κ1) is 16.9. The molecule has 3 nitrogen and oxygen atoms in total. The fourth-order valence-corrected chi connectivity index (χ4v) is 3.61. The molecule has 1 heterocycles. The zero-order valence-electron chi connectivity index (χ0n) is 13.5. The second kappa shape index (κ2) is 7.32. The van der Waals surface area contributed by atoms with Crippen molar-refractivity contribution in [3.63, 3.8) is 0 Å². The monoisotopic (exact) mass is 359 g/mol. The third-order valence-corrected chi connectivity index (χ3v) is 5.19. The summed E-state index contributed by atoms with van der Waals surface area (Å²) in [7, 11) is 0. The molecule has 1 aromatic heterocycles. The minimum atomic E-state index is -0.168. The topological polar surface area (TPSA) is 33.6 Å². The van der Waals surface area contributed by atoms with Crippen molar-refractivity contribution in [3.05, 3.63) is 75.6 Å². The molecule has 0 aliphatic heterocycles. The van der Waals surface area contributed by atoms with Gasteiger partial charge in [-0.15, -0.1) is 11.8 Å².